The van der Waals surface area contributed by atoms with E-state index in [0.29, 0.717) is 50.6 Å². The average molecular weight is 661 g/mol. The van der Waals surface area contributed by atoms with Crippen LogP contribution in [0.4, 0.5) is 0 Å². The third-order valence-corrected chi connectivity index (χ3v) is 9.68. The molecule has 0 aromatic heterocycles. The highest BCUT2D eigenvalue weighted by atomic mass is 127. The lowest BCUT2D eigenvalue weighted by Crippen LogP contribution is -2.38. The Bertz CT molecular complexity index is 633. The smallest absolute Gasteiger partial charge is 0.223 e. The molecule has 36 heavy (non-hydrogen) atoms. The molecule has 2 amide bonds. The first-order chi connectivity index (χ1) is 16.7. The topological polar surface area (TPSA) is 66.9 Å². The van der Waals surface area contributed by atoms with E-state index in [1.807, 2.05) is 50.3 Å². The van der Waals surface area contributed by atoms with Crippen molar-refractivity contribution in [1.82, 2.24) is 9.80 Å². The summed E-state index contributed by atoms with van der Waals surface area (Å²) in [5, 5.41) is 0.398. The van der Waals surface area contributed by atoms with Crippen molar-refractivity contribution in [2.75, 3.05) is 39.5 Å². The standard InChI is InChI=1S/C25H47IN2O4S2.C2H6/c1-9-24(3,4)15-18-32-25(5,6)14-12-22(30)27(7)16-17-28(8)23(31)13-19-33-34-20(2)10-11-21(26)29;1-2/h20H,9-19H2,1-8H3;1-2H3. The maximum absolute atomic E-state index is 12.6. The van der Waals surface area contributed by atoms with E-state index in [-0.39, 0.29) is 26.6 Å². The predicted molar refractivity (Wildman–Crippen MR) is 167 cm³/mol. The van der Waals surface area contributed by atoms with Crippen molar-refractivity contribution < 1.29 is 19.1 Å². The van der Waals surface area contributed by atoms with Crippen molar-refractivity contribution in [3.05, 3.63) is 0 Å². The normalized spacial score (nSPS) is 12.4. The first kappa shape index (κ1) is 38.1. The van der Waals surface area contributed by atoms with Gasteiger partial charge in [-0.2, -0.15) is 0 Å². The Labute approximate surface area is 243 Å². The zero-order valence-electron chi connectivity index (χ0n) is 24.6. The molecular formula is C27H53IN2O4S2. The minimum atomic E-state index is -0.327. The zero-order chi connectivity index (χ0) is 28.4. The first-order valence-corrected chi connectivity index (χ1v) is 16.7. The number of carbonyl (C=O) groups excluding carboxylic acids is 3. The van der Waals surface area contributed by atoms with Gasteiger partial charge in [0.15, 0.2) is 3.79 Å². The Kier molecular flexibility index (Phi) is 22.1. The number of hydrogen-bond donors (Lipinski definition) is 0. The summed E-state index contributed by atoms with van der Waals surface area (Å²) in [5.74, 6) is 0.918. The molecule has 0 aromatic rings. The largest absolute Gasteiger partial charge is 0.376 e. The second-order valence-electron chi connectivity index (χ2n) is 10.4. The fourth-order valence-electron chi connectivity index (χ4n) is 2.85. The average Bonchev–Trinajstić information content (AvgIpc) is 2.82. The number of hydrogen-bond acceptors (Lipinski definition) is 6. The lowest BCUT2D eigenvalue weighted by Gasteiger charge is -2.29. The number of halogens is 1. The van der Waals surface area contributed by atoms with Crippen LogP contribution < -0.4 is 0 Å². The van der Waals surface area contributed by atoms with Gasteiger partial charge in [-0.3, -0.25) is 14.4 Å². The molecule has 9 heteroatoms. The van der Waals surface area contributed by atoms with Gasteiger partial charge in [0.05, 0.1) is 5.60 Å². The SMILES string of the molecule is CC.CCC(C)(C)CCOC(C)(C)CCC(=O)N(C)CCN(C)C(=O)CCSSC(C)CCC(=O)I. The maximum atomic E-state index is 12.6. The summed E-state index contributed by atoms with van der Waals surface area (Å²) in [7, 11) is 7.01. The number of ether oxygens (including phenoxy) is 1. The molecule has 6 nitrogen and oxygen atoms in total. The Hall–Kier alpha value is -0.000000000000000222. The molecule has 0 aliphatic carbocycles. The lowest BCUT2D eigenvalue weighted by atomic mass is 9.87. The van der Waals surface area contributed by atoms with Crippen LogP contribution in [-0.4, -0.2) is 75.8 Å². The van der Waals surface area contributed by atoms with Gasteiger partial charge in [-0.05, 0) is 61.1 Å². The van der Waals surface area contributed by atoms with Crippen LogP contribution in [0.1, 0.15) is 100 Å². The van der Waals surface area contributed by atoms with Crippen LogP contribution in [0.5, 0.6) is 0 Å². The third-order valence-electron chi connectivity index (χ3n) is 6.17. The monoisotopic (exact) mass is 660 g/mol. The van der Waals surface area contributed by atoms with E-state index in [1.165, 1.54) is 0 Å². The summed E-state index contributed by atoms with van der Waals surface area (Å²) >= 11 is 1.83. The zero-order valence-corrected chi connectivity index (χ0v) is 28.4. The summed E-state index contributed by atoms with van der Waals surface area (Å²) in [6.45, 7) is 18.7. The molecule has 1 unspecified atom stereocenters. The van der Waals surface area contributed by atoms with Gasteiger partial charge in [0, 0.05) is 64.1 Å². The van der Waals surface area contributed by atoms with Crippen molar-refractivity contribution >= 4 is 59.8 Å². The molecule has 0 N–H and O–H groups in total. The van der Waals surface area contributed by atoms with Crippen molar-refractivity contribution in [3.63, 3.8) is 0 Å². The third kappa shape index (κ3) is 21.0. The minimum Gasteiger partial charge on any atom is -0.376 e. The van der Waals surface area contributed by atoms with Gasteiger partial charge in [0.2, 0.25) is 11.8 Å². The molecule has 0 aliphatic heterocycles. The predicted octanol–water partition coefficient (Wildman–Crippen LogP) is 7.23. The molecule has 0 rings (SSSR count). The molecule has 0 bridgehead atoms. The van der Waals surface area contributed by atoms with Crippen LogP contribution in [0.25, 0.3) is 0 Å². The number of carbonyl (C=O) groups is 3. The molecule has 0 saturated heterocycles. The lowest BCUT2D eigenvalue weighted by molar-refractivity contribution is -0.134. The van der Waals surface area contributed by atoms with E-state index in [9.17, 15) is 14.4 Å². The van der Waals surface area contributed by atoms with Crippen LogP contribution in [0.2, 0.25) is 0 Å². The van der Waals surface area contributed by atoms with Crippen LogP contribution in [0.15, 0.2) is 0 Å². The molecular weight excluding hydrogens is 607 g/mol. The quantitative estimate of drug-likeness (QED) is 0.0631. The van der Waals surface area contributed by atoms with Gasteiger partial charge in [-0.1, -0.05) is 69.6 Å². The molecule has 0 spiro atoms. The molecule has 0 saturated carbocycles. The highest BCUT2D eigenvalue weighted by molar-refractivity contribution is 14.1. The van der Waals surface area contributed by atoms with Crippen molar-refractivity contribution in [3.8, 4) is 0 Å². The van der Waals surface area contributed by atoms with Crippen LogP contribution in [0.3, 0.4) is 0 Å². The fourth-order valence-corrected chi connectivity index (χ4v) is 5.49. The highest BCUT2D eigenvalue weighted by Crippen LogP contribution is 2.30. The Morgan fingerprint density at radius 1 is 0.917 bits per heavy atom. The Balaban J connectivity index is 0. The molecule has 0 fully saturated rings. The summed E-state index contributed by atoms with van der Waals surface area (Å²) in [6, 6.07) is 0. The second-order valence-corrected chi connectivity index (χ2v) is 14.5. The number of likely N-dealkylation sites (N-methyl/N-ethyl adjacent to an activating group) is 2. The van der Waals surface area contributed by atoms with Crippen LogP contribution in [-0.2, 0) is 19.1 Å². The first-order valence-electron chi connectivity index (χ1n) is 13.3. The van der Waals surface area contributed by atoms with Crippen molar-refractivity contribution in [2.45, 2.75) is 111 Å². The van der Waals surface area contributed by atoms with E-state index >= 15 is 0 Å². The van der Waals surface area contributed by atoms with Gasteiger partial charge in [0.1, 0.15) is 0 Å². The van der Waals surface area contributed by atoms with E-state index in [1.54, 1.807) is 45.5 Å². The van der Waals surface area contributed by atoms with Crippen LogP contribution in [0, 0.1) is 5.41 Å². The summed E-state index contributed by atoms with van der Waals surface area (Å²) in [5.41, 5.74) is -0.0481. The molecule has 1 atom stereocenters. The van der Waals surface area contributed by atoms with Crippen LogP contribution >= 0.6 is 44.2 Å². The molecule has 0 aliphatic rings. The summed E-state index contributed by atoms with van der Waals surface area (Å²) in [4.78, 5) is 39.4. The van der Waals surface area contributed by atoms with E-state index in [0.717, 1.165) is 25.0 Å². The second kappa shape index (κ2) is 20.9. The van der Waals surface area contributed by atoms with E-state index < -0.39 is 0 Å². The minimum absolute atomic E-state index is 0.0809. The van der Waals surface area contributed by atoms with Gasteiger partial charge in [-0.15, -0.1) is 0 Å². The van der Waals surface area contributed by atoms with Gasteiger partial charge in [-0.25, -0.2) is 0 Å². The number of amides is 2. The van der Waals surface area contributed by atoms with Gasteiger partial charge >= 0.3 is 0 Å². The summed E-state index contributed by atoms with van der Waals surface area (Å²) in [6.07, 6.45) is 5.19. The molecule has 0 aromatic carbocycles. The van der Waals surface area contributed by atoms with E-state index in [4.69, 9.17) is 4.74 Å². The molecule has 214 valence electrons. The maximum Gasteiger partial charge on any atom is 0.223 e. The Morgan fingerprint density at radius 2 is 1.44 bits per heavy atom. The molecule has 0 heterocycles. The van der Waals surface area contributed by atoms with Crippen molar-refractivity contribution in [2.24, 2.45) is 5.41 Å². The Morgan fingerprint density at radius 3 is 1.94 bits per heavy atom. The van der Waals surface area contributed by atoms with E-state index in [2.05, 4.69) is 27.7 Å². The summed E-state index contributed by atoms with van der Waals surface area (Å²) < 4.78 is 6.26. The fraction of sp³-hybridized carbons (Fsp3) is 0.889. The van der Waals surface area contributed by atoms with Gasteiger partial charge < -0.3 is 14.5 Å². The number of nitrogens with zero attached hydrogens (tertiary/aromatic N) is 2. The highest BCUT2D eigenvalue weighted by Gasteiger charge is 2.23. The molecule has 0 radical (unpaired) electrons. The van der Waals surface area contributed by atoms with Crippen molar-refractivity contribution in [1.29, 1.82) is 0 Å². The van der Waals surface area contributed by atoms with Gasteiger partial charge in [0.25, 0.3) is 0 Å². The number of rotatable bonds is 19.